The lowest BCUT2D eigenvalue weighted by atomic mass is 10.0. The minimum atomic E-state index is 0.198. The molecule has 0 spiro atoms. The average Bonchev–Trinajstić information content (AvgIpc) is 2.55. The molecule has 3 atom stereocenters. The summed E-state index contributed by atoms with van der Waals surface area (Å²) >= 11 is 6.31. The van der Waals surface area contributed by atoms with Crippen LogP contribution < -0.4 is 5.73 Å². The number of benzene rings is 1. The fourth-order valence-corrected chi connectivity index (χ4v) is 2.96. The Morgan fingerprint density at radius 1 is 1.38 bits per heavy atom. The van der Waals surface area contributed by atoms with E-state index in [1.54, 1.807) is 0 Å². The van der Waals surface area contributed by atoms with Crippen molar-refractivity contribution in [3.63, 3.8) is 0 Å². The Labute approximate surface area is 102 Å². The highest BCUT2D eigenvalue weighted by Gasteiger charge is 2.36. The van der Waals surface area contributed by atoms with Crippen molar-refractivity contribution in [2.24, 2.45) is 11.7 Å². The van der Waals surface area contributed by atoms with Crippen molar-refractivity contribution in [1.82, 2.24) is 4.90 Å². The summed E-state index contributed by atoms with van der Waals surface area (Å²) < 4.78 is 0. The lowest BCUT2D eigenvalue weighted by Gasteiger charge is -2.23. The van der Waals surface area contributed by atoms with Crippen molar-refractivity contribution in [3.8, 4) is 0 Å². The molecule has 1 fully saturated rings. The summed E-state index contributed by atoms with van der Waals surface area (Å²) in [4.78, 5) is 2.42. The normalized spacial score (nSPS) is 30.8. The van der Waals surface area contributed by atoms with E-state index in [2.05, 4.69) is 36.1 Å². The van der Waals surface area contributed by atoms with Gasteiger partial charge >= 0.3 is 0 Å². The summed E-state index contributed by atoms with van der Waals surface area (Å²) in [5.41, 5.74) is 7.10. The molecule has 2 rings (SSSR count). The maximum atomic E-state index is 6.31. The summed E-state index contributed by atoms with van der Waals surface area (Å²) in [5.74, 6) is 0.422. The van der Waals surface area contributed by atoms with Crippen LogP contribution in [0.15, 0.2) is 30.3 Å². The number of hydrogen-bond acceptors (Lipinski definition) is 2. The molecule has 3 unspecified atom stereocenters. The van der Waals surface area contributed by atoms with Gasteiger partial charge in [0.05, 0.1) is 5.38 Å². The van der Waals surface area contributed by atoms with E-state index in [1.165, 1.54) is 5.56 Å². The number of nitrogens with zero attached hydrogens (tertiary/aromatic N) is 1. The lowest BCUT2D eigenvalue weighted by Crippen LogP contribution is -2.32. The first-order chi connectivity index (χ1) is 7.72. The fraction of sp³-hybridized carbons (Fsp3) is 0.538. The molecule has 1 heterocycles. The van der Waals surface area contributed by atoms with Gasteiger partial charge in [-0.2, -0.15) is 0 Å². The molecule has 1 aliphatic heterocycles. The highest BCUT2D eigenvalue weighted by atomic mass is 35.5. The minimum absolute atomic E-state index is 0.198. The van der Waals surface area contributed by atoms with Crippen LogP contribution in [0.1, 0.15) is 12.5 Å². The molecule has 0 aliphatic carbocycles. The fourth-order valence-electron chi connectivity index (χ4n) is 2.47. The zero-order chi connectivity index (χ0) is 11.5. The number of halogens is 1. The van der Waals surface area contributed by atoms with E-state index in [1.807, 2.05) is 6.07 Å². The molecule has 16 heavy (non-hydrogen) atoms. The third-order valence-electron chi connectivity index (χ3n) is 3.57. The Morgan fingerprint density at radius 2 is 2.06 bits per heavy atom. The Bertz CT molecular complexity index is 328. The highest BCUT2D eigenvalue weighted by molar-refractivity contribution is 6.21. The second-order valence-electron chi connectivity index (χ2n) is 4.57. The van der Waals surface area contributed by atoms with Crippen LogP contribution in [0.2, 0.25) is 0 Å². The van der Waals surface area contributed by atoms with E-state index in [0.29, 0.717) is 18.5 Å². The lowest BCUT2D eigenvalue weighted by molar-refractivity contribution is 0.235. The second-order valence-corrected chi connectivity index (χ2v) is 5.13. The topological polar surface area (TPSA) is 29.3 Å². The van der Waals surface area contributed by atoms with Gasteiger partial charge in [-0.3, -0.25) is 4.90 Å². The maximum Gasteiger partial charge on any atom is 0.0518 e. The number of hydrogen-bond donors (Lipinski definition) is 1. The van der Waals surface area contributed by atoms with Crippen LogP contribution >= 0.6 is 11.6 Å². The molecule has 0 radical (unpaired) electrons. The molecule has 0 amide bonds. The third kappa shape index (κ3) is 2.40. The summed E-state index contributed by atoms with van der Waals surface area (Å²) in [6.45, 7) is 4.82. The van der Waals surface area contributed by atoms with Crippen LogP contribution in [-0.2, 0) is 6.54 Å². The van der Waals surface area contributed by atoms with E-state index in [0.717, 1.165) is 13.1 Å². The van der Waals surface area contributed by atoms with E-state index in [4.69, 9.17) is 17.3 Å². The molecule has 1 saturated heterocycles. The molecule has 0 saturated carbocycles. The molecule has 2 N–H and O–H groups in total. The van der Waals surface area contributed by atoms with Crippen LogP contribution in [0, 0.1) is 5.92 Å². The van der Waals surface area contributed by atoms with E-state index in [9.17, 15) is 0 Å². The van der Waals surface area contributed by atoms with Crippen molar-refractivity contribution in [3.05, 3.63) is 35.9 Å². The van der Waals surface area contributed by atoms with Gasteiger partial charge in [-0.25, -0.2) is 0 Å². The van der Waals surface area contributed by atoms with Gasteiger partial charge < -0.3 is 5.73 Å². The van der Waals surface area contributed by atoms with Gasteiger partial charge in [-0.05, 0) is 19.0 Å². The van der Waals surface area contributed by atoms with E-state index in [-0.39, 0.29) is 5.38 Å². The van der Waals surface area contributed by atoms with Crippen LogP contribution in [0.3, 0.4) is 0 Å². The monoisotopic (exact) mass is 238 g/mol. The van der Waals surface area contributed by atoms with Gasteiger partial charge in [0, 0.05) is 25.0 Å². The number of likely N-dealkylation sites (tertiary alicyclic amines) is 1. The first kappa shape index (κ1) is 11.9. The van der Waals surface area contributed by atoms with Gasteiger partial charge in [0.1, 0.15) is 0 Å². The molecule has 3 heteroatoms. The maximum absolute atomic E-state index is 6.31. The molecule has 1 aromatic carbocycles. The second kappa shape index (κ2) is 5.17. The van der Waals surface area contributed by atoms with Gasteiger partial charge in [-0.15, -0.1) is 11.6 Å². The van der Waals surface area contributed by atoms with Crippen molar-refractivity contribution in [2.75, 3.05) is 13.1 Å². The molecule has 2 nitrogen and oxygen atoms in total. The Morgan fingerprint density at radius 3 is 2.62 bits per heavy atom. The predicted octanol–water partition coefficient (Wildman–Crippen LogP) is 2.07. The standard InChI is InChI=1S/C13H19ClN2/c1-10-12(7-15)13(14)9-16(10)8-11-5-3-2-4-6-11/h2-6,10,12-13H,7-9,15H2,1H3. The SMILES string of the molecule is CC1C(CN)C(Cl)CN1Cc1ccccc1. The number of alkyl halides is 1. The quantitative estimate of drug-likeness (QED) is 0.817. The zero-order valence-electron chi connectivity index (χ0n) is 9.64. The predicted molar refractivity (Wildman–Crippen MR) is 68.5 cm³/mol. The van der Waals surface area contributed by atoms with Crippen LogP contribution in [-0.4, -0.2) is 29.4 Å². The zero-order valence-corrected chi connectivity index (χ0v) is 10.4. The molecule has 0 bridgehead atoms. The Balaban J connectivity index is 2.02. The van der Waals surface area contributed by atoms with Crippen molar-refractivity contribution in [1.29, 1.82) is 0 Å². The summed E-state index contributed by atoms with van der Waals surface area (Å²) in [5, 5.41) is 0.198. The van der Waals surface area contributed by atoms with E-state index < -0.39 is 0 Å². The molecular weight excluding hydrogens is 220 g/mol. The van der Waals surface area contributed by atoms with Crippen molar-refractivity contribution < 1.29 is 0 Å². The summed E-state index contributed by atoms with van der Waals surface area (Å²) in [7, 11) is 0. The number of rotatable bonds is 3. The first-order valence-electron chi connectivity index (χ1n) is 5.84. The van der Waals surface area contributed by atoms with Crippen molar-refractivity contribution in [2.45, 2.75) is 24.9 Å². The van der Waals surface area contributed by atoms with Gasteiger partial charge in [0.25, 0.3) is 0 Å². The Hall–Kier alpha value is -0.570. The summed E-state index contributed by atoms with van der Waals surface area (Å²) in [6.07, 6.45) is 0. The smallest absolute Gasteiger partial charge is 0.0518 e. The minimum Gasteiger partial charge on any atom is -0.330 e. The largest absolute Gasteiger partial charge is 0.330 e. The van der Waals surface area contributed by atoms with Crippen LogP contribution in [0.4, 0.5) is 0 Å². The molecule has 1 aromatic rings. The van der Waals surface area contributed by atoms with Crippen LogP contribution in [0.5, 0.6) is 0 Å². The van der Waals surface area contributed by atoms with Crippen molar-refractivity contribution >= 4 is 11.6 Å². The molecule has 88 valence electrons. The van der Waals surface area contributed by atoms with E-state index >= 15 is 0 Å². The van der Waals surface area contributed by atoms with Gasteiger partial charge in [0.2, 0.25) is 0 Å². The van der Waals surface area contributed by atoms with Gasteiger partial charge in [-0.1, -0.05) is 30.3 Å². The van der Waals surface area contributed by atoms with Crippen LogP contribution in [0.25, 0.3) is 0 Å². The molecule has 0 aromatic heterocycles. The highest BCUT2D eigenvalue weighted by Crippen LogP contribution is 2.28. The average molecular weight is 239 g/mol. The molecular formula is C13H19ClN2. The first-order valence-corrected chi connectivity index (χ1v) is 6.28. The summed E-state index contributed by atoms with van der Waals surface area (Å²) in [6, 6.07) is 11.0. The molecule has 1 aliphatic rings. The van der Waals surface area contributed by atoms with Gasteiger partial charge in [0.15, 0.2) is 0 Å². The Kier molecular flexibility index (Phi) is 3.85. The third-order valence-corrected chi connectivity index (χ3v) is 4.03. The number of nitrogens with two attached hydrogens (primary N) is 1.